The normalized spacial score (nSPS) is 27.3. The first kappa shape index (κ1) is 11.3. The number of piperidine rings is 1. The maximum absolute atomic E-state index is 12.0. The summed E-state index contributed by atoms with van der Waals surface area (Å²) in [4.78, 5) is 5.10. The Morgan fingerprint density at radius 1 is 1.20 bits per heavy atom. The van der Waals surface area contributed by atoms with Gasteiger partial charge in [-0.25, -0.2) is 0 Å². The minimum atomic E-state index is -3.34. The lowest BCUT2D eigenvalue weighted by Gasteiger charge is -2.31. The van der Waals surface area contributed by atoms with Crippen LogP contribution in [0.5, 0.6) is 0 Å². The summed E-state index contributed by atoms with van der Waals surface area (Å²) in [5, 5.41) is 0. The first-order chi connectivity index (χ1) is 7.10. The monoisotopic (exact) mass is 234 g/mol. The Morgan fingerprint density at radius 3 is 2.40 bits per heavy atom. The molecule has 0 aliphatic carbocycles. The van der Waals surface area contributed by atoms with Crippen LogP contribution < -0.4 is 0 Å². The Morgan fingerprint density at radius 2 is 1.87 bits per heavy atom. The molecule has 0 aromatic rings. The predicted octanol–water partition coefficient (Wildman–Crippen LogP) is 0.600. The van der Waals surface area contributed by atoms with Crippen molar-refractivity contribution in [2.75, 3.05) is 26.2 Å². The van der Waals surface area contributed by atoms with E-state index < -0.39 is 10.2 Å². The molecule has 0 radical (unpaired) electrons. The van der Waals surface area contributed by atoms with Crippen molar-refractivity contribution in [3.05, 3.63) is 0 Å². The molecular formula is C9H18N2O3S. The third-order valence-corrected chi connectivity index (χ3v) is 4.87. The molecule has 2 fully saturated rings. The largest absolute Gasteiger partial charge is 0.304 e. The lowest BCUT2D eigenvalue weighted by atomic mass is 10.0. The summed E-state index contributed by atoms with van der Waals surface area (Å²) in [6.45, 7) is 4.43. The second-order valence-electron chi connectivity index (χ2n) is 4.30. The lowest BCUT2D eigenvalue weighted by Crippen LogP contribution is -2.45. The molecule has 0 unspecified atom stereocenters. The highest BCUT2D eigenvalue weighted by molar-refractivity contribution is 7.86. The smallest absolute Gasteiger partial charge is 0.283 e. The van der Waals surface area contributed by atoms with Crippen molar-refractivity contribution in [2.45, 2.75) is 26.2 Å². The summed E-state index contributed by atoms with van der Waals surface area (Å²) in [6.07, 6.45) is 2.70. The molecular weight excluding hydrogens is 216 g/mol. The minimum Gasteiger partial charge on any atom is -0.283 e. The van der Waals surface area contributed by atoms with Crippen LogP contribution >= 0.6 is 0 Å². The molecule has 2 aliphatic rings. The van der Waals surface area contributed by atoms with Gasteiger partial charge in [-0.3, -0.25) is 4.84 Å². The van der Waals surface area contributed by atoms with Crippen LogP contribution in [0.25, 0.3) is 0 Å². The van der Waals surface area contributed by atoms with Crippen LogP contribution in [0.1, 0.15) is 26.2 Å². The van der Waals surface area contributed by atoms with Crippen molar-refractivity contribution >= 4 is 10.2 Å². The summed E-state index contributed by atoms with van der Waals surface area (Å²) in [6, 6.07) is 0. The average molecular weight is 234 g/mol. The highest BCUT2D eigenvalue weighted by Gasteiger charge is 2.34. The molecule has 2 rings (SSSR count). The summed E-state index contributed by atoms with van der Waals surface area (Å²) in [5.41, 5.74) is 0. The van der Waals surface area contributed by atoms with Crippen LogP contribution in [0.4, 0.5) is 0 Å². The Labute approximate surface area is 91.1 Å². The number of hydrogen-bond acceptors (Lipinski definition) is 3. The molecule has 2 saturated heterocycles. The number of hydrogen-bond donors (Lipinski definition) is 0. The van der Waals surface area contributed by atoms with E-state index in [0.29, 0.717) is 32.2 Å². The maximum Gasteiger partial charge on any atom is 0.304 e. The van der Waals surface area contributed by atoms with E-state index in [1.54, 1.807) is 4.31 Å². The molecule has 0 aromatic carbocycles. The summed E-state index contributed by atoms with van der Waals surface area (Å²) >= 11 is 0. The van der Waals surface area contributed by atoms with E-state index in [0.717, 1.165) is 23.7 Å². The van der Waals surface area contributed by atoms with E-state index in [1.807, 2.05) is 0 Å². The van der Waals surface area contributed by atoms with Crippen molar-refractivity contribution in [3.63, 3.8) is 0 Å². The number of rotatable bonds is 2. The molecule has 0 N–H and O–H groups in total. The Balaban J connectivity index is 2.02. The van der Waals surface area contributed by atoms with Gasteiger partial charge in [-0.15, -0.1) is 0 Å². The highest BCUT2D eigenvalue weighted by atomic mass is 32.2. The fraction of sp³-hybridized carbons (Fsp3) is 1.00. The fourth-order valence-electron chi connectivity index (χ4n) is 1.95. The zero-order valence-corrected chi connectivity index (χ0v) is 9.87. The van der Waals surface area contributed by atoms with Gasteiger partial charge in [0, 0.05) is 19.6 Å². The van der Waals surface area contributed by atoms with Gasteiger partial charge in [0.15, 0.2) is 0 Å². The van der Waals surface area contributed by atoms with Crippen LogP contribution in [0.2, 0.25) is 0 Å². The molecule has 5 nitrogen and oxygen atoms in total. The van der Waals surface area contributed by atoms with Crippen LogP contribution in [-0.2, 0) is 15.0 Å². The van der Waals surface area contributed by atoms with Crippen LogP contribution in [0.15, 0.2) is 0 Å². The molecule has 2 aliphatic heterocycles. The van der Waals surface area contributed by atoms with Crippen molar-refractivity contribution in [1.29, 1.82) is 0 Å². The van der Waals surface area contributed by atoms with Gasteiger partial charge >= 0.3 is 10.2 Å². The average Bonchev–Trinajstić information content (AvgIpc) is 2.71. The minimum absolute atomic E-state index is 0.494. The molecule has 88 valence electrons. The Bertz CT molecular complexity index is 303. The van der Waals surface area contributed by atoms with Gasteiger partial charge in [-0.05, 0) is 25.2 Å². The van der Waals surface area contributed by atoms with Gasteiger partial charge in [0.1, 0.15) is 0 Å². The first-order valence-electron chi connectivity index (χ1n) is 5.51. The van der Waals surface area contributed by atoms with Gasteiger partial charge in [0.2, 0.25) is 0 Å². The maximum atomic E-state index is 12.0. The van der Waals surface area contributed by atoms with E-state index in [1.165, 1.54) is 0 Å². The molecule has 2 heterocycles. The van der Waals surface area contributed by atoms with E-state index in [2.05, 4.69) is 6.92 Å². The third-order valence-electron chi connectivity index (χ3n) is 3.05. The van der Waals surface area contributed by atoms with E-state index in [9.17, 15) is 8.42 Å². The van der Waals surface area contributed by atoms with Crippen molar-refractivity contribution in [3.8, 4) is 0 Å². The molecule has 0 spiro atoms. The van der Waals surface area contributed by atoms with Crippen LogP contribution in [0, 0.1) is 5.92 Å². The Kier molecular flexibility index (Phi) is 3.30. The van der Waals surface area contributed by atoms with Gasteiger partial charge < -0.3 is 0 Å². The van der Waals surface area contributed by atoms with Gasteiger partial charge in [-0.1, -0.05) is 11.4 Å². The van der Waals surface area contributed by atoms with E-state index in [4.69, 9.17) is 4.84 Å². The van der Waals surface area contributed by atoms with Gasteiger partial charge in [-0.2, -0.15) is 12.7 Å². The lowest BCUT2D eigenvalue weighted by molar-refractivity contribution is -0.0348. The highest BCUT2D eigenvalue weighted by Crippen LogP contribution is 2.22. The van der Waals surface area contributed by atoms with Crippen molar-refractivity contribution in [1.82, 2.24) is 8.77 Å². The zero-order valence-electron chi connectivity index (χ0n) is 9.05. The fourth-order valence-corrected chi connectivity index (χ4v) is 3.45. The van der Waals surface area contributed by atoms with E-state index in [-0.39, 0.29) is 0 Å². The van der Waals surface area contributed by atoms with Crippen molar-refractivity contribution in [2.24, 2.45) is 5.92 Å². The van der Waals surface area contributed by atoms with E-state index >= 15 is 0 Å². The molecule has 6 heteroatoms. The standard InChI is InChI=1S/C9H18N2O3S/c1-9-3-6-10(7-4-9)15(12,13)11-5-2-8-14-11/h9H,2-8H2,1H3. The van der Waals surface area contributed by atoms with Crippen molar-refractivity contribution < 1.29 is 13.3 Å². The SMILES string of the molecule is CC1CCN(S(=O)(=O)N2CCCO2)CC1. The Hall–Kier alpha value is -0.170. The number of nitrogens with zero attached hydrogens (tertiary/aromatic N) is 2. The van der Waals surface area contributed by atoms with Crippen LogP contribution in [0.3, 0.4) is 0 Å². The summed E-state index contributed by atoms with van der Waals surface area (Å²) in [7, 11) is -3.34. The molecule has 0 bridgehead atoms. The first-order valence-corrected chi connectivity index (χ1v) is 6.91. The quantitative estimate of drug-likeness (QED) is 0.703. The van der Waals surface area contributed by atoms with Crippen LogP contribution in [-0.4, -0.2) is 43.4 Å². The van der Waals surface area contributed by atoms with Gasteiger partial charge in [0.25, 0.3) is 0 Å². The second-order valence-corrected chi connectivity index (χ2v) is 6.12. The topological polar surface area (TPSA) is 49.9 Å². The summed E-state index contributed by atoms with van der Waals surface area (Å²) in [5.74, 6) is 0.635. The molecule has 0 atom stereocenters. The molecule has 15 heavy (non-hydrogen) atoms. The third kappa shape index (κ3) is 2.33. The molecule has 0 saturated carbocycles. The predicted molar refractivity (Wildman–Crippen MR) is 56.2 cm³/mol. The second kappa shape index (κ2) is 4.37. The zero-order chi connectivity index (χ0) is 10.9. The molecule has 0 aromatic heterocycles. The summed E-state index contributed by atoms with van der Waals surface area (Å²) < 4.78 is 26.7. The van der Waals surface area contributed by atoms with Gasteiger partial charge in [0.05, 0.1) is 6.61 Å². The molecule has 0 amide bonds. The number of hydroxylamine groups is 1.